The van der Waals surface area contributed by atoms with Gasteiger partial charge in [0.25, 0.3) is 0 Å². The molecule has 0 fully saturated rings. The number of rotatable bonds is 5. The zero-order chi connectivity index (χ0) is 11.3. The smallest absolute Gasteiger partial charge is 0.128 e. The van der Waals surface area contributed by atoms with E-state index in [-0.39, 0.29) is 0 Å². The van der Waals surface area contributed by atoms with Crippen LogP contribution in [0.1, 0.15) is 25.8 Å². The summed E-state index contributed by atoms with van der Waals surface area (Å²) < 4.78 is 0. The third-order valence-electron chi connectivity index (χ3n) is 2.26. The van der Waals surface area contributed by atoms with Gasteiger partial charge < -0.3 is 4.90 Å². The quantitative estimate of drug-likeness (QED) is 0.737. The monoisotopic (exact) mass is 246 g/mol. The second-order valence-corrected chi connectivity index (χ2v) is 4.02. The summed E-state index contributed by atoms with van der Waals surface area (Å²) >= 11 is 11.8. The van der Waals surface area contributed by atoms with E-state index in [1.165, 1.54) is 0 Å². The topological polar surface area (TPSA) is 16.1 Å². The molecule has 0 aliphatic heterocycles. The number of pyridine rings is 1. The largest absolute Gasteiger partial charge is 0.357 e. The van der Waals surface area contributed by atoms with Crippen LogP contribution in [0.3, 0.4) is 0 Å². The van der Waals surface area contributed by atoms with Crippen LogP contribution in [0.25, 0.3) is 0 Å². The van der Waals surface area contributed by atoms with E-state index in [2.05, 4.69) is 23.7 Å². The molecule has 0 bridgehead atoms. The molecule has 0 amide bonds. The lowest BCUT2D eigenvalue weighted by molar-refractivity contribution is 0.778. The van der Waals surface area contributed by atoms with Crippen LogP contribution in [0.2, 0.25) is 5.02 Å². The lowest BCUT2D eigenvalue weighted by atomic mass is 10.2. The first-order valence-electron chi connectivity index (χ1n) is 5.18. The van der Waals surface area contributed by atoms with Gasteiger partial charge in [0, 0.05) is 25.2 Å². The first-order chi connectivity index (χ1) is 7.22. The predicted molar refractivity (Wildman–Crippen MR) is 67.0 cm³/mol. The molecule has 1 heterocycles. The van der Waals surface area contributed by atoms with Crippen LogP contribution in [0, 0.1) is 0 Å². The average molecular weight is 247 g/mol. The molecule has 0 aliphatic carbocycles. The van der Waals surface area contributed by atoms with Gasteiger partial charge in [-0.05, 0) is 25.0 Å². The maximum atomic E-state index is 5.96. The molecule has 0 unspecified atom stereocenters. The van der Waals surface area contributed by atoms with Crippen molar-refractivity contribution in [2.24, 2.45) is 0 Å². The molecule has 84 valence electrons. The van der Waals surface area contributed by atoms with Crippen LogP contribution in [0.5, 0.6) is 0 Å². The fourth-order valence-electron chi connectivity index (χ4n) is 1.45. The highest BCUT2D eigenvalue weighted by molar-refractivity contribution is 6.32. The summed E-state index contributed by atoms with van der Waals surface area (Å²) in [7, 11) is 0. The number of nitrogens with zero attached hydrogens (tertiary/aromatic N) is 2. The second kappa shape index (κ2) is 6.19. The van der Waals surface area contributed by atoms with E-state index < -0.39 is 0 Å². The Morgan fingerprint density at radius 2 is 2.13 bits per heavy atom. The molecule has 1 aromatic heterocycles. The fraction of sp³-hybridized carbons (Fsp3) is 0.545. The Balaban J connectivity index is 2.92. The predicted octanol–water partition coefficient (Wildman–Crippen LogP) is 3.71. The molecular weight excluding hydrogens is 231 g/mol. The third-order valence-corrected chi connectivity index (χ3v) is 2.89. The van der Waals surface area contributed by atoms with Gasteiger partial charge in [0.15, 0.2) is 0 Å². The summed E-state index contributed by atoms with van der Waals surface area (Å²) in [6, 6.07) is 1.97. The second-order valence-electron chi connectivity index (χ2n) is 3.35. The van der Waals surface area contributed by atoms with Crippen LogP contribution in [-0.2, 0) is 5.88 Å². The van der Waals surface area contributed by atoms with Gasteiger partial charge in [-0.2, -0.15) is 0 Å². The van der Waals surface area contributed by atoms with Crippen LogP contribution in [-0.4, -0.2) is 18.1 Å². The summed E-state index contributed by atoms with van der Waals surface area (Å²) in [5.41, 5.74) is 0.942. The van der Waals surface area contributed by atoms with Gasteiger partial charge in [-0.25, -0.2) is 4.98 Å². The summed E-state index contributed by atoms with van der Waals surface area (Å²) in [5, 5.41) is 0.640. The Hall–Kier alpha value is -0.470. The van der Waals surface area contributed by atoms with E-state index in [0.29, 0.717) is 10.9 Å². The number of halogens is 2. The Morgan fingerprint density at radius 3 is 2.67 bits per heavy atom. The summed E-state index contributed by atoms with van der Waals surface area (Å²) in [5.74, 6) is 1.39. The van der Waals surface area contributed by atoms with E-state index >= 15 is 0 Å². The van der Waals surface area contributed by atoms with Crippen molar-refractivity contribution in [3.05, 3.63) is 22.8 Å². The van der Waals surface area contributed by atoms with Gasteiger partial charge in [0.2, 0.25) is 0 Å². The highest BCUT2D eigenvalue weighted by Gasteiger charge is 2.07. The van der Waals surface area contributed by atoms with Gasteiger partial charge >= 0.3 is 0 Å². The summed E-state index contributed by atoms with van der Waals surface area (Å²) in [4.78, 5) is 6.53. The number of hydrogen-bond acceptors (Lipinski definition) is 2. The van der Waals surface area contributed by atoms with E-state index in [1.807, 2.05) is 6.07 Å². The molecule has 2 nitrogen and oxygen atoms in total. The van der Waals surface area contributed by atoms with E-state index in [1.54, 1.807) is 6.20 Å². The van der Waals surface area contributed by atoms with Crippen LogP contribution >= 0.6 is 23.2 Å². The maximum absolute atomic E-state index is 5.96. The first kappa shape index (κ1) is 12.6. The Kier molecular flexibility index (Phi) is 5.20. The highest BCUT2D eigenvalue weighted by Crippen LogP contribution is 2.21. The fourth-order valence-corrected chi connectivity index (χ4v) is 1.91. The normalized spacial score (nSPS) is 10.4. The molecule has 0 spiro atoms. The van der Waals surface area contributed by atoms with Gasteiger partial charge in [-0.1, -0.05) is 18.5 Å². The number of anilines is 1. The van der Waals surface area contributed by atoms with E-state index in [0.717, 1.165) is 30.9 Å². The Labute approximate surface area is 101 Å². The molecular formula is C11H16Cl2N2. The molecule has 0 atom stereocenters. The Morgan fingerprint density at radius 1 is 1.40 bits per heavy atom. The SMILES string of the molecule is CCCN(CC)c1cc(CCl)c(Cl)cn1. The van der Waals surface area contributed by atoms with E-state index in [4.69, 9.17) is 23.2 Å². The van der Waals surface area contributed by atoms with Crippen LogP contribution in [0.15, 0.2) is 12.3 Å². The summed E-state index contributed by atoms with van der Waals surface area (Å²) in [6.07, 6.45) is 2.78. The molecule has 0 saturated carbocycles. The molecule has 15 heavy (non-hydrogen) atoms. The highest BCUT2D eigenvalue weighted by atomic mass is 35.5. The average Bonchev–Trinajstić information content (AvgIpc) is 2.27. The zero-order valence-electron chi connectivity index (χ0n) is 9.13. The molecule has 0 N–H and O–H groups in total. The van der Waals surface area contributed by atoms with Crippen molar-refractivity contribution in [3.8, 4) is 0 Å². The van der Waals surface area contributed by atoms with Crippen molar-refractivity contribution in [3.63, 3.8) is 0 Å². The molecule has 0 radical (unpaired) electrons. The van der Waals surface area contributed by atoms with Crippen molar-refractivity contribution >= 4 is 29.0 Å². The number of hydrogen-bond donors (Lipinski definition) is 0. The molecule has 1 aromatic rings. The van der Waals surface area contributed by atoms with Crippen LogP contribution < -0.4 is 4.90 Å². The number of aromatic nitrogens is 1. The minimum absolute atomic E-state index is 0.429. The van der Waals surface area contributed by atoms with Crippen molar-refractivity contribution in [1.29, 1.82) is 0 Å². The minimum Gasteiger partial charge on any atom is -0.357 e. The first-order valence-corrected chi connectivity index (χ1v) is 6.09. The molecule has 0 saturated heterocycles. The summed E-state index contributed by atoms with van der Waals surface area (Å²) in [6.45, 7) is 6.23. The lowest BCUT2D eigenvalue weighted by Crippen LogP contribution is -2.24. The minimum atomic E-state index is 0.429. The van der Waals surface area contributed by atoms with Gasteiger partial charge in [0.05, 0.1) is 5.02 Å². The van der Waals surface area contributed by atoms with Crippen molar-refractivity contribution in [1.82, 2.24) is 4.98 Å². The molecule has 1 rings (SSSR count). The van der Waals surface area contributed by atoms with Gasteiger partial charge in [-0.15, -0.1) is 11.6 Å². The molecule has 0 aliphatic rings. The Bertz CT molecular complexity index is 315. The van der Waals surface area contributed by atoms with Crippen molar-refractivity contribution in [2.45, 2.75) is 26.1 Å². The zero-order valence-corrected chi connectivity index (χ0v) is 10.6. The van der Waals surface area contributed by atoms with Gasteiger partial charge in [-0.3, -0.25) is 0 Å². The van der Waals surface area contributed by atoms with Crippen LogP contribution in [0.4, 0.5) is 5.82 Å². The van der Waals surface area contributed by atoms with E-state index in [9.17, 15) is 0 Å². The standard InChI is InChI=1S/C11H16Cl2N2/c1-3-5-15(4-2)11-6-9(7-12)10(13)8-14-11/h6,8H,3-5,7H2,1-2H3. The molecule has 0 aromatic carbocycles. The van der Waals surface area contributed by atoms with Crippen molar-refractivity contribution < 1.29 is 0 Å². The van der Waals surface area contributed by atoms with Gasteiger partial charge in [0.1, 0.15) is 5.82 Å². The van der Waals surface area contributed by atoms with Crippen molar-refractivity contribution in [2.75, 3.05) is 18.0 Å². The maximum Gasteiger partial charge on any atom is 0.128 e. The lowest BCUT2D eigenvalue weighted by Gasteiger charge is -2.21. The molecule has 4 heteroatoms. The third kappa shape index (κ3) is 3.25. The number of alkyl halides is 1.